The SMILES string of the molecule is CC(C)(C)c1ccc(OCCOc2ccc(Br)cc2/C=C2\SC(=S)N(c3ccccc3)C2=O)cc1. The molecule has 1 fully saturated rings. The van der Waals surface area contributed by atoms with Crippen LogP contribution in [0.3, 0.4) is 0 Å². The average molecular weight is 569 g/mol. The predicted molar refractivity (Wildman–Crippen MR) is 152 cm³/mol. The van der Waals surface area contributed by atoms with Crippen molar-refractivity contribution >= 4 is 61.9 Å². The number of carbonyl (C=O) groups excluding carboxylic acids is 1. The van der Waals surface area contributed by atoms with Gasteiger partial charge in [-0.3, -0.25) is 9.69 Å². The highest BCUT2D eigenvalue weighted by Crippen LogP contribution is 2.37. The normalized spacial score (nSPS) is 15.1. The first-order valence-electron chi connectivity index (χ1n) is 11.2. The molecule has 0 atom stereocenters. The fraction of sp³-hybridized carbons (Fsp3) is 0.214. The van der Waals surface area contributed by atoms with Gasteiger partial charge in [0.25, 0.3) is 5.91 Å². The third kappa shape index (κ3) is 6.34. The van der Waals surface area contributed by atoms with E-state index in [0.29, 0.717) is 28.2 Å². The van der Waals surface area contributed by atoms with Crippen molar-refractivity contribution in [2.45, 2.75) is 26.2 Å². The Morgan fingerprint density at radius 1 is 0.971 bits per heavy atom. The van der Waals surface area contributed by atoms with Gasteiger partial charge in [0.2, 0.25) is 0 Å². The summed E-state index contributed by atoms with van der Waals surface area (Å²) in [6.07, 6.45) is 1.83. The minimum Gasteiger partial charge on any atom is -0.490 e. The summed E-state index contributed by atoms with van der Waals surface area (Å²) in [5.41, 5.74) is 2.92. The van der Waals surface area contributed by atoms with Crippen molar-refractivity contribution in [2.75, 3.05) is 18.1 Å². The molecule has 1 amide bonds. The molecule has 0 bridgehead atoms. The van der Waals surface area contributed by atoms with Gasteiger partial charge in [-0.2, -0.15) is 0 Å². The van der Waals surface area contributed by atoms with Crippen molar-refractivity contribution in [1.29, 1.82) is 0 Å². The molecule has 7 heteroatoms. The molecule has 1 aliphatic heterocycles. The molecular formula is C28H26BrNO3S2. The zero-order chi connectivity index (χ0) is 25.0. The highest BCUT2D eigenvalue weighted by Gasteiger charge is 2.33. The van der Waals surface area contributed by atoms with E-state index in [1.165, 1.54) is 17.3 Å². The van der Waals surface area contributed by atoms with Crippen molar-refractivity contribution in [3.63, 3.8) is 0 Å². The number of thioether (sulfide) groups is 1. The monoisotopic (exact) mass is 567 g/mol. The second kappa shape index (κ2) is 11.0. The highest BCUT2D eigenvalue weighted by molar-refractivity contribution is 9.10. The summed E-state index contributed by atoms with van der Waals surface area (Å²) in [6, 6.07) is 23.3. The van der Waals surface area contributed by atoms with Crippen molar-refractivity contribution < 1.29 is 14.3 Å². The van der Waals surface area contributed by atoms with Gasteiger partial charge in [0.15, 0.2) is 4.32 Å². The first-order valence-corrected chi connectivity index (χ1v) is 13.2. The van der Waals surface area contributed by atoms with Crippen molar-refractivity contribution in [3.8, 4) is 11.5 Å². The Kier molecular flexibility index (Phi) is 7.99. The minimum absolute atomic E-state index is 0.106. The van der Waals surface area contributed by atoms with E-state index in [1.54, 1.807) is 4.90 Å². The van der Waals surface area contributed by atoms with Crippen LogP contribution in [-0.2, 0) is 10.2 Å². The summed E-state index contributed by atoms with van der Waals surface area (Å²) in [7, 11) is 0. The third-order valence-electron chi connectivity index (χ3n) is 5.40. The Balaban J connectivity index is 1.43. The molecule has 0 spiro atoms. The lowest BCUT2D eigenvalue weighted by atomic mass is 9.87. The maximum absolute atomic E-state index is 13.1. The van der Waals surface area contributed by atoms with Gasteiger partial charge < -0.3 is 9.47 Å². The largest absolute Gasteiger partial charge is 0.490 e. The Morgan fingerprint density at radius 3 is 2.34 bits per heavy atom. The zero-order valence-corrected chi connectivity index (χ0v) is 23.0. The second-order valence-corrected chi connectivity index (χ2v) is 11.6. The molecule has 1 aliphatic rings. The van der Waals surface area contributed by atoms with Gasteiger partial charge in [0, 0.05) is 10.0 Å². The van der Waals surface area contributed by atoms with Gasteiger partial charge in [-0.1, -0.05) is 91.0 Å². The summed E-state index contributed by atoms with van der Waals surface area (Å²) >= 11 is 10.3. The maximum atomic E-state index is 13.1. The fourth-order valence-electron chi connectivity index (χ4n) is 3.53. The van der Waals surface area contributed by atoms with Crippen molar-refractivity contribution in [1.82, 2.24) is 0 Å². The molecule has 0 N–H and O–H groups in total. The molecule has 4 rings (SSSR count). The summed E-state index contributed by atoms with van der Waals surface area (Å²) < 4.78 is 13.3. The van der Waals surface area contributed by atoms with Gasteiger partial charge in [-0.05, 0) is 59.5 Å². The van der Waals surface area contributed by atoms with E-state index in [0.717, 1.165) is 21.5 Å². The van der Waals surface area contributed by atoms with Crippen LogP contribution < -0.4 is 14.4 Å². The van der Waals surface area contributed by atoms with Gasteiger partial charge in [0.1, 0.15) is 24.7 Å². The van der Waals surface area contributed by atoms with E-state index in [9.17, 15) is 4.79 Å². The topological polar surface area (TPSA) is 38.8 Å². The molecule has 180 valence electrons. The van der Waals surface area contributed by atoms with E-state index < -0.39 is 0 Å². The second-order valence-electron chi connectivity index (χ2n) is 9.01. The molecule has 35 heavy (non-hydrogen) atoms. The number of amides is 1. The number of para-hydroxylation sites is 1. The smallest absolute Gasteiger partial charge is 0.270 e. The molecule has 4 nitrogen and oxygen atoms in total. The number of anilines is 1. The van der Waals surface area contributed by atoms with Crippen LogP contribution in [0.25, 0.3) is 6.08 Å². The zero-order valence-electron chi connectivity index (χ0n) is 19.8. The van der Waals surface area contributed by atoms with Gasteiger partial charge in [0.05, 0.1) is 10.6 Å². The van der Waals surface area contributed by atoms with Crippen LogP contribution in [0, 0.1) is 0 Å². The number of benzene rings is 3. The van der Waals surface area contributed by atoms with E-state index in [1.807, 2.05) is 66.7 Å². The number of ether oxygens (including phenoxy) is 2. The molecule has 1 saturated heterocycles. The number of thiocarbonyl (C=S) groups is 1. The van der Waals surface area contributed by atoms with Crippen molar-refractivity contribution in [3.05, 3.63) is 93.3 Å². The molecule has 0 saturated carbocycles. The Bertz CT molecular complexity index is 1250. The summed E-state index contributed by atoms with van der Waals surface area (Å²) in [5.74, 6) is 1.34. The van der Waals surface area contributed by atoms with Gasteiger partial charge in [-0.15, -0.1) is 0 Å². The number of rotatable bonds is 7. The Hall–Kier alpha value is -2.61. The summed E-state index contributed by atoms with van der Waals surface area (Å²) in [5, 5.41) is 0. The predicted octanol–water partition coefficient (Wildman–Crippen LogP) is 7.61. The van der Waals surface area contributed by atoms with Crippen LogP contribution in [0.15, 0.2) is 82.2 Å². The molecule has 3 aromatic carbocycles. The fourth-order valence-corrected chi connectivity index (χ4v) is 5.20. The average Bonchev–Trinajstić information content (AvgIpc) is 3.10. The van der Waals surface area contributed by atoms with Crippen LogP contribution in [0.4, 0.5) is 5.69 Å². The van der Waals surface area contributed by atoms with Crippen molar-refractivity contribution in [2.24, 2.45) is 0 Å². The number of halogens is 1. The first-order chi connectivity index (χ1) is 16.7. The molecule has 0 radical (unpaired) electrons. The third-order valence-corrected chi connectivity index (χ3v) is 7.19. The Morgan fingerprint density at radius 2 is 1.66 bits per heavy atom. The molecule has 3 aromatic rings. The van der Waals surface area contributed by atoms with Crippen LogP contribution in [-0.4, -0.2) is 23.4 Å². The molecule has 0 unspecified atom stereocenters. The standard InChI is InChI=1S/C28H26BrNO3S2/c1-28(2,3)20-9-12-23(13-10-20)32-15-16-33-24-14-11-21(29)17-19(24)18-25-26(31)30(27(34)35-25)22-7-5-4-6-8-22/h4-14,17-18H,15-16H2,1-3H3/b25-18-. The lowest BCUT2D eigenvalue weighted by molar-refractivity contribution is -0.113. The first kappa shape index (κ1) is 25.5. The molecular weight excluding hydrogens is 542 g/mol. The number of hydrogen-bond acceptors (Lipinski definition) is 5. The van der Waals surface area contributed by atoms with Gasteiger partial charge in [-0.25, -0.2) is 0 Å². The van der Waals surface area contributed by atoms with Crippen LogP contribution >= 0.6 is 39.9 Å². The summed E-state index contributed by atoms with van der Waals surface area (Å²) in [4.78, 5) is 15.2. The van der Waals surface area contributed by atoms with Crippen LogP contribution in [0.1, 0.15) is 31.9 Å². The lowest BCUT2D eigenvalue weighted by Crippen LogP contribution is -2.27. The molecule has 0 aliphatic carbocycles. The Labute approximate surface area is 224 Å². The summed E-state index contributed by atoms with van der Waals surface area (Å²) in [6.45, 7) is 7.33. The quantitative estimate of drug-likeness (QED) is 0.167. The van der Waals surface area contributed by atoms with Crippen LogP contribution in [0.5, 0.6) is 11.5 Å². The van der Waals surface area contributed by atoms with E-state index >= 15 is 0 Å². The number of hydrogen-bond donors (Lipinski definition) is 0. The van der Waals surface area contributed by atoms with E-state index in [-0.39, 0.29) is 11.3 Å². The molecule has 1 heterocycles. The van der Waals surface area contributed by atoms with E-state index in [4.69, 9.17) is 21.7 Å². The van der Waals surface area contributed by atoms with Gasteiger partial charge >= 0.3 is 0 Å². The maximum Gasteiger partial charge on any atom is 0.270 e. The van der Waals surface area contributed by atoms with Crippen LogP contribution in [0.2, 0.25) is 0 Å². The number of nitrogens with zero attached hydrogens (tertiary/aromatic N) is 1. The molecule has 0 aromatic heterocycles. The highest BCUT2D eigenvalue weighted by atomic mass is 79.9. The lowest BCUT2D eigenvalue weighted by Gasteiger charge is -2.19. The number of carbonyl (C=O) groups is 1. The minimum atomic E-state index is -0.140. The van der Waals surface area contributed by atoms with E-state index in [2.05, 4.69) is 48.8 Å².